The van der Waals surface area contributed by atoms with Crippen LogP contribution < -0.4 is 5.23 Å². The molecule has 2 aromatic carbocycles. The number of likely N-dealkylation sites (tertiary alicyclic amines) is 1. The highest BCUT2D eigenvalue weighted by Gasteiger charge is 2.28. The maximum Gasteiger partial charge on any atom is 0.199 e. The van der Waals surface area contributed by atoms with E-state index in [1.54, 1.807) is 12.1 Å². The van der Waals surface area contributed by atoms with Gasteiger partial charge in [0.05, 0.1) is 0 Å². The smallest absolute Gasteiger partial charge is 0.199 e. The maximum atomic E-state index is 11.3. The Balaban J connectivity index is 1.49. The summed E-state index contributed by atoms with van der Waals surface area (Å²) in [5.74, 6) is 1.04. The highest BCUT2D eigenvalue weighted by atomic mass is 16.8. The van der Waals surface area contributed by atoms with Gasteiger partial charge in [-0.2, -0.15) is 5.23 Å². The van der Waals surface area contributed by atoms with E-state index < -0.39 is 5.23 Å². The lowest BCUT2D eigenvalue weighted by molar-refractivity contribution is -0.991. The lowest BCUT2D eigenvalue weighted by Crippen LogP contribution is -2.99. The van der Waals surface area contributed by atoms with Gasteiger partial charge in [0.15, 0.2) is 17.2 Å². The first-order valence-electron chi connectivity index (χ1n) is 8.10. The molecule has 124 valence electrons. The number of nitrogens with one attached hydrogen (secondary N) is 1. The molecule has 0 radical (unpaired) electrons. The van der Waals surface area contributed by atoms with Gasteiger partial charge in [-0.1, -0.05) is 30.3 Å². The minimum absolute atomic E-state index is 0.259. The Morgan fingerprint density at radius 1 is 1.21 bits per heavy atom. The van der Waals surface area contributed by atoms with Gasteiger partial charge in [0.1, 0.15) is 5.52 Å². The van der Waals surface area contributed by atoms with Gasteiger partial charge < -0.3 is 9.62 Å². The Kier molecular flexibility index (Phi) is 4.03. The zero-order valence-electron chi connectivity index (χ0n) is 13.2. The van der Waals surface area contributed by atoms with Crippen molar-refractivity contribution >= 4 is 16.8 Å². The molecule has 1 aromatic heterocycles. The number of benzene rings is 2. The molecule has 6 heteroatoms. The van der Waals surface area contributed by atoms with Crippen molar-refractivity contribution in [2.24, 2.45) is 0 Å². The largest absolute Gasteiger partial charge is 0.595 e. The number of oxazole rings is 1. The van der Waals surface area contributed by atoms with E-state index in [1.807, 2.05) is 36.4 Å². The summed E-state index contributed by atoms with van der Waals surface area (Å²) >= 11 is 0. The summed E-state index contributed by atoms with van der Waals surface area (Å²) < 4.78 is 5.88. The molecule has 0 amide bonds. The number of rotatable bonds is 4. The van der Waals surface area contributed by atoms with Crippen molar-refractivity contribution in [3.05, 3.63) is 65.2 Å². The summed E-state index contributed by atoms with van der Waals surface area (Å²) in [6.45, 7) is 2.39. The lowest BCUT2D eigenvalue weighted by Gasteiger charge is -2.20. The summed E-state index contributed by atoms with van der Waals surface area (Å²) in [6.07, 6.45) is 0.974. The third kappa shape index (κ3) is 2.92. The molecule has 3 aromatic rings. The van der Waals surface area contributed by atoms with Gasteiger partial charge >= 0.3 is 0 Å². The summed E-state index contributed by atoms with van der Waals surface area (Å²) in [4.78, 5) is 6.86. The van der Waals surface area contributed by atoms with Crippen LogP contribution in [0.5, 0.6) is 0 Å². The van der Waals surface area contributed by atoms with E-state index in [9.17, 15) is 10.4 Å². The van der Waals surface area contributed by atoms with E-state index in [0.717, 1.165) is 42.1 Å². The molecule has 0 saturated carbocycles. The van der Waals surface area contributed by atoms with E-state index in [2.05, 4.69) is 9.88 Å². The van der Waals surface area contributed by atoms with Gasteiger partial charge in [0.2, 0.25) is 0 Å². The second-order valence-corrected chi connectivity index (χ2v) is 6.20. The second kappa shape index (κ2) is 6.33. The first kappa shape index (κ1) is 15.3. The van der Waals surface area contributed by atoms with Crippen molar-refractivity contribution in [2.45, 2.75) is 18.9 Å². The van der Waals surface area contributed by atoms with Crippen LogP contribution >= 0.6 is 0 Å². The summed E-state index contributed by atoms with van der Waals surface area (Å²) in [5, 5.41) is 19.8. The number of quaternary nitrogens is 1. The number of aromatic nitrogens is 1. The molecule has 1 saturated heterocycles. The summed E-state index contributed by atoms with van der Waals surface area (Å²) in [5.41, 5.74) is 2.94. The minimum atomic E-state index is -0.875. The monoisotopic (exact) mass is 325 g/mol. The average molecular weight is 325 g/mol. The van der Waals surface area contributed by atoms with E-state index in [4.69, 9.17) is 4.42 Å². The van der Waals surface area contributed by atoms with Gasteiger partial charge in [-0.05, 0) is 25.1 Å². The molecule has 6 nitrogen and oxygen atoms in total. The molecule has 0 aliphatic carbocycles. The van der Waals surface area contributed by atoms with Crippen molar-refractivity contribution in [1.29, 1.82) is 0 Å². The molecular formula is C18H19N3O3. The molecule has 1 aliphatic rings. The van der Waals surface area contributed by atoms with Gasteiger partial charge in [0, 0.05) is 30.6 Å². The van der Waals surface area contributed by atoms with Crippen LogP contribution in [0.15, 0.2) is 52.9 Å². The van der Waals surface area contributed by atoms with E-state index >= 15 is 0 Å². The molecule has 1 aliphatic heterocycles. The Hall–Kier alpha value is -2.25. The van der Waals surface area contributed by atoms with Crippen LogP contribution in [0.2, 0.25) is 0 Å². The van der Waals surface area contributed by atoms with Crippen molar-refractivity contribution in [3.63, 3.8) is 0 Å². The average Bonchev–Trinajstić information content (AvgIpc) is 3.21. The molecule has 0 spiro atoms. The fourth-order valence-corrected chi connectivity index (χ4v) is 3.35. The zero-order chi connectivity index (χ0) is 16.5. The fraction of sp³-hybridized carbons (Fsp3) is 0.278. The number of para-hydroxylation sites is 3. The molecule has 24 heavy (non-hydrogen) atoms. The van der Waals surface area contributed by atoms with Crippen LogP contribution in [-0.2, 0) is 6.54 Å². The van der Waals surface area contributed by atoms with Crippen LogP contribution in [0.4, 0.5) is 5.69 Å². The van der Waals surface area contributed by atoms with E-state index in [1.165, 1.54) is 0 Å². The highest BCUT2D eigenvalue weighted by Crippen LogP contribution is 2.30. The maximum absolute atomic E-state index is 11.3. The first-order valence-corrected chi connectivity index (χ1v) is 8.10. The van der Waals surface area contributed by atoms with Crippen molar-refractivity contribution in [3.8, 4) is 0 Å². The van der Waals surface area contributed by atoms with Crippen LogP contribution in [-0.4, -0.2) is 28.2 Å². The molecule has 0 bridgehead atoms. The first-order chi connectivity index (χ1) is 11.7. The minimum Gasteiger partial charge on any atom is -0.595 e. The van der Waals surface area contributed by atoms with Crippen molar-refractivity contribution in [1.82, 2.24) is 9.88 Å². The molecule has 2 N–H and O–H groups in total. The van der Waals surface area contributed by atoms with Crippen molar-refractivity contribution < 1.29 is 14.9 Å². The van der Waals surface area contributed by atoms with Gasteiger partial charge in [-0.3, -0.25) is 4.90 Å². The predicted molar refractivity (Wildman–Crippen MR) is 88.9 cm³/mol. The Morgan fingerprint density at radius 2 is 2.00 bits per heavy atom. The van der Waals surface area contributed by atoms with Crippen LogP contribution in [0.25, 0.3) is 11.1 Å². The topological polar surface area (TPSA) is 77.0 Å². The standard InChI is InChI=1S/C18H19N3O3/c22-21(23)16-7-3-1-5-13(16)11-20-10-9-14(12-20)18-19-15-6-2-4-8-17(15)24-18/h1-8,14,21-22H,9-12H2/t14-/m0/s1. The Labute approximate surface area is 139 Å². The van der Waals surface area contributed by atoms with E-state index in [0.29, 0.717) is 12.2 Å². The van der Waals surface area contributed by atoms with Gasteiger partial charge in [-0.15, -0.1) is 0 Å². The second-order valence-electron chi connectivity index (χ2n) is 6.20. The number of hydrogen-bond donors (Lipinski definition) is 2. The number of nitrogens with zero attached hydrogens (tertiary/aromatic N) is 2. The fourth-order valence-electron chi connectivity index (χ4n) is 3.35. The summed E-state index contributed by atoms with van der Waals surface area (Å²) in [6, 6.07) is 15.0. The van der Waals surface area contributed by atoms with E-state index in [-0.39, 0.29) is 5.92 Å². The number of hydrogen-bond acceptors (Lipinski definition) is 5. The Morgan fingerprint density at radius 3 is 2.83 bits per heavy atom. The predicted octanol–water partition coefficient (Wildman–Crippen LogP) is 2.22. The third-order valence-corrected chi connectivity index (χ3v) is 4.57. The van der Waals surface area contributed by atoms with Crippen LogP contribution in [0, 0.1) is 5.21 Å². The van der Waals surface area contributed by atoms with Gasteiger partial charge in [0.25, 0.3) is 0 Å². The molecule has 2 atom stereocenters. The Bertz CT molecular complexity index is 813. The molecular weight excluding hydrogens is 306 g/mol. The molecule has 1 fully saturated rings. The molecule has 4 rings (SSSR count). The van der Waals surface area contributed by atoms with Crippen molar-refractivity contribution in [2.75, 3.05) is 13.1 Å². The molecule has 2 heterocycles. The van der Waals surface area contributed by atoms with Gasteiger partial charge in [-0.25, -0.2) is 10.2 Å². The van der Waals surface area contributed by atoms with Crippen LogP contribution in [0.1, 0.15) is 23.8 Å². The quantitative estimate of drug-likeness (QED) is 0.719. The normalized spacial score (nSPS) is 19.8. The highest BCUT2D eigenvalue weighted by molar-refractivity contribution is 5.72. The third-order valence-electron chi connectivity index (χ3n) is 4.57. The SMILES string of the molecule is [O-][NH+](O)c1ccccc1CN1CC[C@H](c2nc3ccccc3o2)C1. The zero-order valence-corrected chi connectivity index (χ0v) is 13.2. The lowest BCUT2D eigenvalue weighted by atomic mass is 10.1. The van der Waals surface area contributed by atoms with Crippen LogP contribution in [0.3, 0.4) is 0 Å². The summed E-state index contributed by atoms with van der Waals surface area (Å²) in [7, 11) is 0. The number of fused-ring (bicyclic) bond motifs is 1. The molecule has 1 unspecified atom stereocenters.